The van der Waals surface area contributed by atoms with Crippen LogP contribution >= 0.6 is 0 Å². The largest absolute Gasteiger partial charge is 0.465 e. The zero-order valence-electron chi connectivity index (χ0n) is 32.3. The second kappa shape index (κ2) is 24.4. The van der Waals surface area contributed by atoms with E-state index in [-0.39, 0.29) is 32.8 Å². The first kappa shape index (κ1) is 47.0. The lowest BCUT2D eigenvalue weighted by atomic mass is 9.87. The highest BCUT2D eigenvalue weighted by Crippen LogP contribution is 2.37. The quantitative estimate of drug-likeness (QED) is 0.0616. The van der Waals surface area contributed by atoms with Crippen molar-refractivity contribution in [3.63, 3.8) is 0 Å². The van der Waals surface area contributed by atoms with Gasteiger partial charge in [0, 0.05) is 40.4 Å². The molecule has 1 aliphatic heterocycles. The first-order valence-electron chi connectivity index (χ1n) is 17.5. The van der Waals surface area contributed by atoms with E-state index in [0.29, 0.717) is 24.3 Å². The number of amides is 2. The molecule has 0 radical (unpaired) electrons. The summed E-state index contributed by atoms with van der Waals surface area (Å²) in [6.45, 7) is 3.64. The monoisotopic (exact) mass is 794 g/mol. The van der Waals surface area contributed by atoms with Crippen LogP contribution in [0.1, 0.15) is 45.2 Å². The predicted octanol–water partition coefficient (Wildman–Crippen LogP) is -0.476. The number of carbonyl (C=O) groups is 7. The maximum atomic E-state index is 13.6. The number of hydrogen-bond acceptors (Lipinski definition) is 17. The van der Waals surface area contributed by atoms with Gasteiger partial charge in [-0.05, 0) is 17.7 Å². The maximum absolute atomic E-state index is 13.6. The van der Waals surface area contributed by atoms with E-state index in [4.69, 9.17) is 53.8 Å². The Morgan fingerprint density at radius 1 is 0.839 bits per heavy atom. The highest BCUT2D eigenvalue weighted by Gasteiger charge is 2.59. The molecule has 0 aromatic heterocycles. The van der Waals surface area contributed by atoms with E-state index < -0.39 is 97.5 Å². The molecule has 0 unspecified atom stereocenters. The van der Waals surface area contributed by atoms with Crippen molar-refractivity contribution in [3.05, 3.63) is 35.4 Å². The normalized spacial score (nSPS) is 19.9. The molecule has 1 aliphatic rings. The summed E-state index contributed by atoms with van der Waals surface area (Å²) in [6.07, 6.45) is -1.86. The first-order valence-corrected chi connectivity index (χ1v) is 17.5. The van der Waals surface area contributed by atoms with Crippen molar-refractivity contribution in [1.29, 1.82) is 0 Å². The molecule has 1 fully saturated rings. The molecule has 2 amide bonds. The van der Waals surface area contributed by atoms with Gasteiger partial charge in [-0.25, -0.2) is 4.79 Å². The minimum Gasteiger partial charge on any atom is -0.465 e. The molecule has 0 saturated carbocycles. The van der Waals surface area contributed by atoms with Crippen molar-refractivity contribution in [2.75, 3.05) is 67.0 Å². The Hall–Kier alpha value is -5.13. The van der Waals surface area contributed by atoms with E-state index in [1.54, 1.807) is 24.3 Å². The summed E-state index contributed by atoms with van der Waals surface area (Å²) < 4.78 is 54.7. The average molecular weight is 795 g/mol. The number of nitrogens with one attached hydrogen (secondary N) is 2. The molecule has 310 valence electrons. The van der Waals surface area contributed by atoms with Crippen LogP contribution in [0.2, 0.25) is 0 Å². The highest BCUT2D eigenvalue weighted by atomic mass is 16.7. The van der Waals surface area contributed by atoms with Gasteiger partial charge in [-0.15, -0.1) is 6.42 Å². The van der Waals surface area contributed by atoms with Gasteiger partial charge in [-0.3, -0.25) is 28.8 Å². The van der Waals surface area contributed by atoms with Gasteiger partial charge < -0.3 is 58.0 Å². The molecule has 0 aliphatic carbocycles. The topological polar surface area (TPSA) is 236 Å². The number of benzene rings is 1. The fourth-order valence-corrected chi connectivity index (χ4v) is 5.45. The van der Waals surface area contributed by atoms with Gasteiger partial charge in [0.1, 0.15) is 12.2 Å². The van der Waals surface area contributed by atoms with Gasteiger partial charge in [0.05, 0.1) is 72.2 Å². The van der Waals surface area contributed by atoms with Crippen LogP contribution in [0.4, 0.5) is 0 Å². The lowest BCUT2D eigenvalue weighted by Crippen LogP contribution is -2.70. The summed E-state index contributed by atoms with van der Waals surface area (Å²) in [6, 6.07) is 5.11. The summed E-state index contributed by atoms with van der Waals surface area (Å²) >= 11 is 0. The average Bonchev–Trinajstić information content (AvgIpc) is 3.14. The van der Waals surface area contributed by atoms with Crippen LogP contribution in [0, 0.1) is 12.3 Å². The molecular weight excluding hydrogens is 744 g/mol. The number of esters is 5. The molecule has 2 N–H and O–H groups in total. The molecule has 6 atom stereocenters. The molecule has 1 saturated heterocycles. The van der Waals surface area contributed by atoms with Crippen molar-refractivity contribution in [3.8, 4) is 12.3 Å². The van der Waals surface area contributed by atoms with Crippen molar-refractivity contribution >= 4 is 41.7 Å². The Morgan fingerprint density at radius 3 is 2.02 bits per heavy atom. The van der Waals surface area contributed by atoms with Crippen molar-refractivity contribution in [1.82, 2.24) is 10.6 Å². The number of ether oxygens (including phenoxy) is 10. The predicted molar refractivity (Wildman–Crippen MR) is 190 cm³/mol. The fraction of sp³-hybridized carbons (Fsp3) is 0.595. The van der Waals surface area contributed by atoms with Gasteiger partial charge in [0.25, 0.3) is 11.7 Å². The SMILES string of the molecule is C#Cc1ccc(CC(=O)NC[C@@H](OC(C)=O)[C@@H](OC(C)=O)[C@@H]2O[C@@](OCCOCCOCCOC)(C(=O)OC)C[C@H](OC(C)=O)[C@H]2NC(=O)COC(C)=O)cc1. The number of hydrogen-bond donors (Lipinski definition) is 2. The van der Waals surface area contributed by atoms with E-state index in [2.05, 4.69) is 16.6 Å². The molecule has 19 heteroatoms. The van der Waals surface area contributed by atoms with Crippen LogP contribution in [0.3, 0.4) is 0 Å². The summed E-state index contributed by atoms with van der Waals surface area (Å²) in [7, 11) is 2.57. The summed E-state index contributed by atoms with van der Waals surface area (Å²) in [5.74, 6) is -6.00. The van der Waals surface area contributed by atoms with Crippen LogP contribution in [0.15, 0.2) is 24.3 Å². The molecule has 56 heavy (non-hydrogen) atoms. The Labute approximate surface area is 324 Å². The van der Waals surface area contributed by atoms with Gasteiger partial charge in [-0.2, -0.15) is 0 Å². The third-order valence-electron chi connectivity index (χ3n) is 7.76. The Kier molecular flexibility index (Phi) is 20.5. The van der Waals surface area contributed by atoms with E-state index in [1.807, 2.05) is 0 Å². The van der Waals surface area contributed by atoms with Gasteiger partial charge in [-0.1, -0.05) is 18.1 Å². The molecule has 1 heterocycles. The smallest absolute Gasteiger partial charge is 0.366 e. The second-order valence-electron chi connectivity index (χ2n) is 12.2. The number of methoxy groups -OCH3 is 2. The lowest BCUT2D eigenvalue weighted by molar-refractivity contribution is -0.315. The van der Waals surface area contributed by atoms with Gasteiger partial charge in [0.15, 0.2) is 18.8 Å². The standard InChI is InChI=1S/C37H50N2O17/c1-8-27-9-11-28(12-10-27)19-31(44)38-21-30(54-25(4)42)34(55-26(5)43)35-33(39-32(45)22-51-23(2)40)29(53-24(3)41)20-37(56-35,36(46)48-7)52-18-17-50-16-15-49-14-13-47-6/h1,9-12,29-30,33-35H,13-22H2,2-7H3,(H,38,44)(H,39,45)/t29-,30+,33+,34+,35+,37+/m0/s1. The maximum Gasteiger partial charge on any atom is 0.366 e. The third-order valence-corrected chi connectivity index (χ3v) is 7.76. The van der Waals surface area contributed by atoms with E-state index in [9.17, 15) is 33.6 Å². The minimum absolute atomic E-state index is 0.0951. The zero-order valence-corrected chi connectivity index (χ0v) is 32.3. The molecule has 0 bridgehead atoms. The Bertz CT molecular complexity index is 1530. The van der Waals surface area contributed by atoms with Crippen LogP contribution in [-0.2, 0) is 87.4 Å². The van der Waals surface area contributed by atoms with Gasteiger partial charge >= 0.3 is 29.8 Å². The van der Waals surface area contributed by atoms with Crippen LogP contribution in [-0.4, -0.2) is 145 Å². The van der Waals surface area contributed by atoms with Crippen LogP contribution in [0.25, 0.3) is 0 Å². The Morgan fingerprint density at radius 2 is 1.46 bits per heavy atom. The molecule has 2 rings (SSSR count). The summed E-state index contributed by atoms with van der Waals surface area (Å²) in [4.78, 5) is 88.9. The van der Waals surface area contributed by atoms with E-state index in [1.165, 1.54) is 7.11 Å². The second-order valence-corrected chi connectivity index (χ2v) is 12.2. The summed E-state index contributed by atoms with van der Waals surface area (Å²) in [5.41, 5.74) is 1.20. The number of terminal acetylenes is 1. The zero-order chi connectivity index (χ0) is 41.7. The molecule has 0 spiro atoms. The first-order chi connectivity index (χ1) is 26.6. The van der Waals surface area contributed by atoms with Crippen LogP contribution < -0.4 is 10.6 Å². The molecule has 1 aromatic rings. The highest BCUT2D eigenvalue weighted by molar-refractivity contribution is 5.81. The van der Waals surface area contributed by atoms with Gasteiger partial charge in [0.2, 0.25) is 5.91 Å². The number of carbonyl (C=O) groups excluding carboxylic acids is 7. The molecule has 1 aromatic carbocycles. The van der Waals surface area contributed by atoms with Crippen molar-refractivity contribution < 1.29 is 80.9 Å². The van der Waals surface area contributed by atoms with Crippen molar-refractivity contribution in [2.45, 2.75) is 76.8 Å². The van der Waals surface area contributed by atoms with E-state index in [0.717, 1.165) is 34.8 Å². The minimum atomic E-state index is -2.41. The molecule has 19 nitrogen and oxygen atoms in total. The van der Waals surface area contributed by atoms with Crippen molar-refractivity contribution in [2.24, 2.45) is 0 Å². The van der Waals surface area contributed by atoms with E-state index >= 15 is 0 Å². The number of rotatable bonds is 23. The lowest BCUT2D eigenvalue weighted by Gasteiger charge is -2.48. The Balaban J connectivity index is 2.57. The third kappa shape index (κ3) is 16.3. The summed E-state index contributed by atoms with van der Waals surface area (Å²) in [5, 5.41) is 5.17. The fourth-order valence-electron chi connectivity index (χ4n) is 5.45. The van der Waals surface area contributed by atoms with Crippen LogP contribution in [0.5, 0.6) is 0 Å². The molecular formula is C37H50N2O17.